The zero-order valence-corrected chi connectivity index (χ0v) is 15.2. The van der Waals surface area contributed by atoms with E-state index in [1.807, 2.05) is 24.4 Å². The SMILES string of the molecule is I.O=C(O)N1CCC(=C(C2=CCNC=C2)c2ccccc2)CC1. The number of nitrogens with zero attached hydrogens (tertiary/aromatic N) is 1. The van der Waals surface area contributed by atoms with Crippen LogP contribution in [0.1, 0.15) is 18.4 Å². The quantitative estimate of drug-likeness (QED) is 0.709. The van der Waals surface area contributed by atoms with Crippen LogP contribution in [0.25, 0.3) is 5.57 Å². The van der Waals surface area contributed by atoms with Gasteiger partial charge in [-0.05, 0) is 41.8 Å². The molecule has 1 amide bonds. The van der Waals surface area contributed by atoms with Gasteiger partial charge in [0.1, 0.15) is 0 Å². The van der Waals surface area contributed by atoms with E-state index in [1.54, 1.807) is 0 Å². The van der Waals surface area contributed by atoms with Crippen LogP contribution < -0.4 is 5.32 Å². The number of likely N-dealkylation sites (tertiary alicyclic amines) is 1. The number of allylic oxidation sites excluding steroid dienone is 3. The van der Waals surface area contributed by atoms with Crippen molar-refractivity contribution < 1.29 is 9.90 Å². The minimum Gasteiger partial charge on any atom is -0.465 e. The molecule has 4 nitrogen and oxygen atoms in total. The third kappa shape index (κ3) is 4.16. The van der Waals surface area contributed by atoms with Gasteiger partial charge in [0.05, 0.1) is 0 Å². The first-order valence-electron chi connectivity index (χ1n) is 7.61. The molecular weight excluding hydrogens is 403 g/mol. The lowest BCUT2D eigenvalue weighted by Crippen LogP contribution is -2.35. The van der Waals surface area contributed by atoms with Crippen LogP contribution in [0.4, 0.5) is 4.79 Å². The fourth-order valence-electron chi connectivity index (χ4n) is 3.04. The van der Waals surface area contributed by atoms with Gasteiger partial charge in [-0.25, -0.2) is 4.79 Å². The smallest absolute Gasteiger partial charge is 0.407 e. The van der Waals surface area contributed by atoms with E-state index in [2.05, 4.69) is 29.6 Å². The minimum absolute atomic E-state index is 0. The first-order chi connectivity index (χ1) is 10.8. The van der Waals surface area contributed by atoms with Crippen molar-refractivity contribution in [1.29, 1.82) is 0 Å². The van der Waals surface area contributed by atoms with E-state index in [1.165, 1.54) is 27.2 Å². The fraction of sp³-hybridized carbons (Fsp3) is 0.278. The van der Waals surface area contributed by atoms with Crippen molar-refractivity contribution in [2.75, 3.05) is 19.6 Å². The summed E-state index contributed by atoms with van der Waals surface area (Å²) in [5.41, 5.74) is 5.05. The van der Waals surface area contributed by atoms with Crippen molar-refractivity contribution in [3.05, 3.63) is 65.4 Å². The van der Waals surface area contributed by atoms with Gasteiger partial charge in [-0.2, -0.15) is 0 Å². The molecular formula is C18H21IN2O2. The molecule has 1 aromatic carbocycles. The minimum atomic E-state index is -0.818. The number of nitrogens with one attached hydrogen (secondary N) is 1. The molecule has 0 radical (unpaired) electrons. The maximum absolute atomic E-state index is 11.1. The molecule has 0 spiro atoms. The van der Waals surface area contributed by atoms with Gasteiger partial charge in [-0.15, -0.1) is 24.0 Å². The highest BCUT2D eigenvalue weighted by Gasteiger charge is 2.22. The van der Waals surface area contributed by atoms with E-state index in [0.717, 1.165) is 19.4 Å². The van der Waals surface area contributed by atoms with Gasteiger partial charge >= 0.3 is 6.09 Å². The van der Waals surface area contributed by atoms with Crippen LogP contribution in [0.15, 0.2) is 59.8 Å². The Balaban J connectivity index is 0.00000192. The lowest BCUT2D eigenvalue weighted by molar-refractivity contribution is 0.142. The molecule has 1 fully saturated rings. The third-order valence-electron chi connectivity index (χ3n) is 4.16. The molecule has 0 unspecified atom stereocenters. The fourth-order valence-corrected chi connectivity index (χ4v) is 3.04. The Hall–Kier alpha value is -1.76. The van der Waals surface area contributed by atoms with Crippen LogP contribution >= 0.6 is 24.0 Å². The van der Waals surface area contributed by atoms with Gasteiger partial charge in [0.25, 0.3) is 0 Å². The second kappa shape index (κ2) is 8.19. The molecule has 3 rings (SSSR count). The average Bonchev–Trinajstić information content (AvgIpc) is 2.57. The first kappa shape index (κ1) is 17.6. The molecule has 2 heterocycles. The summed E-state index contributed by atoms with van der Waals surface area (Å²) in [5, 5.41) is 12.3. The Bertz CT molecular complexity index is 640. The molecule has 0 saturated carbocycles. The van der Waals surface area contributed by atoms with E-state index < -0.39 is 6.09 Å². The second-order valence-electron chi connectivity index (χ2n) is 5.52. The molecule has 1 aromatic rings. The van der Waals surface area contributed by atoms with Crippen LogP contribution in [-0.4, -0.2) is 35.7 Å². The van der Waals surface area contributed by atoms with Crippen molar-refractivity contribution in [3.63, 3.8) is 0 Å². The molecule has 23 heavy (non-hydrogen) atoms. The molecule has 0 aromatic heterocycles. The Morgan fingerprint density at radius 2 is 1.83 bits per heavy atom. The number of amides is 1. The summed E-state index contributed by atoms with van der Waals surface area (Å²) >= 11 is 0. The Morgan fingerprint density at radius 3 is 2.39 bits per heavy atom. The first-order valence-corrected chi connectivity index (χ1v) is 7.61. The summed E-state index contributed by atoms with van der Waals surface area (Å²) in [4.78, 5) is 12.6. The lowest BCUT2D eigenvalue weighted by Gasteiger charge is -2.28. The highest BCUT2D eigenvalue weighted by molar-refractivity contribution is 14.0. The summed E-state index contributed by atoms with van der Waals surface area (Å²) in [7, 11) is 0. The third-order valence-corrected chi connectivity index (χ3v) is 4.16. The highest BCUT2D eigenvalue weighted by Crippen LogP contribution is 2.33. The van der Waals surface area contributed by atoms with Crippen LogP contribution in [0.3, 0.4) is 0 Å². The van der Waals surface area contributed by atoms with Gasteiger partial charge in [0.2, 0.25) is 0 Å². The number of dihydropyridines is 1. The number of carbonyl (C=O) groups is 1. The van der Waals surface area contributed by atoms with E-state index in [9.17, 15) is 4.79 Å². The number of piperidine rings is 1. The number of hydrogen-bond acceptors (Lipinski definition) is 2. The number of rotatable bonds is 2. The zero-order chi connectivity index (χ0) is 15.4. The topological polar surface area (TPSA) is 52.6 Å². The average molecular weight is 424 g/mol. The number of hydrogen-bond donors (Lipinski definition) is 2. The van der Waals surface area contributed by atoms with Gasteiger partial charge in [-0.1, -0.05) is 42.0 Å². The van der Waals surface area contributed by atoms with Crippen molar-refractivity contribution in [3.8, 4) is 0 Å². The molecule has 2 aliphatic heterocycles. The Labute approximate surface area is 153 Å². The summed E-state index contributed by atoms with van der Waals surface area (Å²) in [6, 6.07) is 10.4. The van der Waals surface area contributed by atoms with Crippen LogP contribution in [0.5, 0.6) is 0 Å². The van der Waals surface area contributed by atoms with E-state index >= 15 is 0 Å². The van der Waals surface area contributed by atoms with Crippen molar-refractivity contribution in [2.45, 2.75) is 12.8 Å². The molecule has 122 valence electrons. The number of carboxylic acid groups (broad SMARTS) is 1. The summed E-state index contributed by atoms with van der Waals surface area (Å²) in [6.45, 7) is 1.99. The van der Waals surface area contributed by atoms with E-state index in [-0.39, 0.29) is 24.0 Å². The lowest BCUT2D eigenvalue weighted by atomic mass is 9.87. The standard InChI is InChI=1S/C18H20N2O2.HI/c21-18(22)20-12-8-16(9-13-20)17(14-4-2-1-3-5-14)15-6-10-19-11-7-15;/h1-7,10,19H,8-9,11-13H2,(H,21,22);1H. The van der Waals surface area contributed by atoms with Crippen molar-refractivity contribution in [1.82, 2.24) is 10.2 Å². The number of benzene rings is 1. The summed E-state index contributed by atoms with van der Waals surface area (Å²) in [5.74, 6) is 0. The summed E-state index contributed by atoms with van der Waals surface area (Å²) in [6.07, 6.45) is 7.05. The van der Waals surface area contributed by atoms with E-state index in [0.29, 0.717) is 13.1 Å². The van der Waals surface area contributed by atoms with Gasteiger partial charge in [-0.3, -0.25) is 0 Å². The largest absolute Gasteiger partial charge is 0.465 e. The normalized spacial score (nSPS) is 17.0. The zero-order valence-electron chi connectivity index (χ0n) is 12.9. The van der Waals surface area contributed by atoms with Gasteiger partial charge in [0.15, 0.2) is 0 Å². The molecule has 1 saturated heterocycles. The van der Waals surface area contributed by atoms with Crippen LogP contribution in [0.2, 0.25) is 0 Å². The maximum Gasteiger partial charge on any atom is 0.407 e. The highest BCUT2D eigenvalue weighted by atomic mass is 127. The van der Waals surface area contributed by atoms with Gasteiger partial charge in [0, 0.05) is 19.6 Å². The predicted molar refractivity (Wildman–Crippen MR) is 103 cm³/mol. The van der Waals surface area contributed by atoms with Crippen molar-refractivity contribution in [2.24, 2.45) is 0 Å². The Kier molecular flexibility index (Phi) is 6.27. The van der Waals surface area contributed by atoms with Gasteiger partial charge < -0.3 is 15.3 Å². The molecule has 0 aliphatic carbocycles. The molecule has 0 atom stereocenters. The predicted octanol–water partition coefficient (Wildman–Crippen LogP) is 3.88. The van der Waals surface area contributed by atoms with Crippen LogP contribution in [0, 0.1) is 0 Å². The molecule has 0 bridgehead atoms. The van der Waals surface area contributed by atoms with Crippen molar-refractivity contribution >= 4 is 35.6 Å². The molecule has 5 heteroatoms. The Morgan fingerprint density at radius 1 is 1.13 bits per heavy atom. The summed E-state index contributed by atoms with van der Waals surface area (Å²) < 4.78 is 0. The monoisotopic (exact) mass is 424 g/mol. The molecule has 2 aliphatic rings. The van der Waals surface area contributed by atoms with Crippen LogP contribution in [-0.2, 0) is 0 Å². The second-order valence-corrected chi connectivity index (χ2v) is 5.52. The molecule has 2 N–H and O–H groups in total. The maximum atomic E-state index is 11.1. The number of halogens is 1. The van der Waals surface area contributed by atoms with E-state index in [4.69, 9.17) is 5.11 Å².